The first-order valence-corrected chi connectivity index (χ1v) is 7.25. The van der Waals surface area contributed by atoms with Crippen LogP contribution in [0.3, 0.4) is 0 Å². The second kappa shape index (κ2) is 8.08. The molecule has 2 N–H and O–H groups in total. The molecule has 2 nitrogen and oxygen atoms in total. The zero-order valence-electron chi connectivity index (χ0n) is 11.3. The Labute approximate surface area is 102 Å². The molecule has 1 rings (SSSR count). The van der Waals surface area contributed by atoms with E-state index >= 15 is 0 Å². The van der Waals surface area contributed by atoms with Gasteiger partial charge in [-0.3, -0.25) is 0 Å². The molecule has 0 heterocycles. The van der Waals surface area contributed by atoms with Gasteiger partial charge in [0, 0.05) is 12.6 Å². The topological polar surface area (TPSA) is 29.3 Å². The van der Waals surface area contributed by atoms with Gasteiger partial charge >= 0.3 is 0 Å². The summed E-state index contributed by atoms with van der Waals surface area (Å²) >= 11 is 0. The third kappa shape index (κ3) is 4.42. The van der Waals surface area contributed by atoms with Crippen molar-refractivity contribution in [3.8, 4) is 0 Å². The van der Waals surface area contributed by atoms with Crippen LogP contribution in [0.25, 0.3) is 0 Å². The number of rotatable bonds is 8. The molecule has 0 atom stereocenters. The average molecular weight is 226 g/mol. The Morgan fingerprint density at radius 3 is 2.31 bits per heavy atom. The fourth-order valence-corrected chi connectivity index (χ4v) is 2.87. The largest absolute Gasteiger partial charge is 0.330 e. The zero-order chi connectivity index (χ0) is 11.8. The van der Waals surface area contributed by atoms with E-state index in [-0.39, 0.29) is 0 Å². The van der Waals surface area contributed by atoms with Crippen molar-refractivity contribution in [2.45, 2.75) is 64.8 Å². The molecule has 0 aliphatic heterocycles. The smallest absolute Gasteiger partial charge is 0.00953 e. The van der Waals surface area contributed by atoms with E-state index in [4.69, 9.17) is 5.73 Å². The molecule has 0 aromatic carbocycles. The number of hydrogen-bond donors (Lipinski definition) is 1. The minimum Gasteiger partial charge on any atom is -0.330 e. The maximum Gasteiger partial charge on any atom is 0.00953 e. The van der Waals surface area contributed by atoms with E-state index in [1.807, 2.05) is 0 Å². The summed E-state index contributed by atoms with van der Waals surface area (Å²) in [4.78, 5) is 2.73. The first-order chi connectivity index (χ1) is 7.81. The van der Waals surface area contributed by atoms with Crippen molar-refractivity contribution in [1.29, 1.82) is 0 Å². The highest BCUT2D eigenvalue weighted by atomic mass is 15.2. The van der Waals surface area contributed by atoms with E-state index in [1.54, 1.807) is 0 Å². The fourth-order valence-electron chi connectivity index (χ4n) is 2.87. The molecule has 2 heteroatoms. The summed E-state index contributed by atoms with van der Waals surface area (Å²) in [5.74, 6) is 0.887. The molecule has 0 spiro atoms. The lowest BCUT2D eigenvalue weighted by atomic mass is 10.0. The summed E-state index contributed by atoms with van der Waals surface area (Å²) in [5.41, 5.74) is 5.64. The molecule has 96 valence electrons. The molecule has 1 aliphatic carbocycles. The van der Waals surface area contributed by atoms with Crippen LogP contribution in [0.5, 0.6) is 0 Å². The third-order valence-corrected chi connectivity index (χ3v) is 4.14. The molecule has 0 aromatic heterocycles. The molecule has 1 aliphatic rings. The molecule has 16 heavy (non-hydrogen) atoms. The molecular weight excluding hydrogens is 196 g/mol. The van der Waals surface area contributed by atoms with Crippen LogP contribution in [-0.2, 0) is 0 Å². The molecule has 1 fully saturated rings. The lowest BCUT2D eigenvalue weighted by Crippen LogP contribution is -2.38. The summed E-state index contributed by atoms with van der Waals surface area (Å²) in [5, 5.41) is 0. The highest BCUT2D eigenvalue weighted by molar-refractivity contribution is 4.79. The van der Waals surface area contributed by atoms with E-state index in [0.29, 0.717) is 0 Å². The number of nitrogens with zero attached hydrogens (tertiary/aromatic N) is 1. The van der Waals surface area contributed by atoms with Crippen molar-refractivity contribution in [2.24, 2.45) is 11.7 Å². The lowest BCUT2D eigenvalue weighted by Gasteiger charge is -2.31. The van der Waals surface area contributed by atoms with E-state index in [1.165, 1.54) is 51.6 Å². The lowest BCUT2D eigenvalue weighted by molar-refractivity contribution is 0.162. The monoisotopic (exact) mass is 226 g/mol. The van der Waals surface area contributed by atoms with Gasteiger partial charge in [0.25, 0.3) is 0 Å². The van der Waals surface area contributed by atoms with Gasteiger partial charge in [-0.2, -0.15) is 0 Å². The van der Waals surface area contributed by atoms with Gasteiger partial charge in [-0.25, -0.2) is 0 Å². The van der Waals surface area contributed by atoms with Crippen LogP contribution in [0.15, 0.2) is 0 Å². The molecule has 1 saturated carbocycles. The van der Waals surface area contributed by atoms with Crippen molar-refractivity contribution in [3.63, 3.8) is 0 Å². The van der Waals surface area contributed by atoms with Gasteiger partial charge in [-0.1, -0.05) is 39.5 Å². The molecule has 0 aromatic rings. The molecule has 0 radical (unpaired) electrons. The van der Waals surface area contributed by atoms with Gasteiger partial charge in [0.15, 0.2) is 0 Å². The summed E-state index contributed by atoms with van der Waals surface area (Å²) in [6, 6.07) is 0.868. The van der Waals surface area contributed by atoms with Crippen molar-refractivity contribution >= 4 is 0 Å². The maximum atomic E-state index is 5.64. The molecule has 0 unspecified atom stereocenters. The Hall–Kier alpha value is -0.0800. The van der Waals surface area contributed by atoms with Crippen molar-refractivity contribution in [2.75, 3.05) is 19.6 Å². The minimum absolute atomic E-state index is 0.839. The fraction of sp³-hybridized carbons (Fsp3) is 1.00. The Kier molecular flexibility index (Phi) is 7.06. The first-order valence-electron chi connectivity index (χ1n) is 7.25. The van der Waals surface area contributed by atoms with Crippen LogP contribution in [0.2, 0.25) is 0 Å². The van der Waals surface area contributed by atoms with Gasteiger partial charge in [-0.05, 0) is 38.3 Å². The van der Waals surface area contributed by atoms with Crippen LogP contribution in [-0.4, -0.2) is 30.6 Å². The first kappa shape index (κ1) is 14.0. The standard InChI is InChI=1S/C14H30N2/c1-3-13(4-2)12-16(11-7-10-15)14-8-5-6-9-14/h13-14H,3-12,15H2,1-2H3. The van der Waals surface area contributed by atoms with Crippen LogP contribution in [0.1, 0.15) is 58.8 Å². The van der Waals surface area contributed by atoms with Gasteiger partial charge < -0.3 is 10.6 Å². The summed E-state index contributed by atoms with van der Waals surface area (Å²) in [7, 11) is 0. The summed E-state index contributed by atoms with van der Waals surface area (Å²) < 4.78 is 0. The summed E-state index contributed by atoms with van der Waals surface area (Å²) in [6.45, 7) is 8.01. The molecular formula is C14H30N2. The Bertz CT molecular complexity index is 160. The summed E-state index contributed by atoms with van der Waals surface area (Å²) in [6.07, 6.45) is 9.52. The molecule has 0 bridgehead atoms. The number of hydrogen-bond acceptors (Lipinski definition) is 2. The second-order valence-corrected chi connectivity index (χ2v) is 5.26. The van der Waals surface area contributed by atoms with Gasteiger partial charge in [0.2, 0.25) is 0 Å². The molecule has 0 saturated heterocycles. The highest BCUT2D eigenvalue weighted by Crippen LogP contribution is 2.25. The minimum atomic E-state index is 0.839. The van der Waals surface area contributed by atoms with Crippen molar-refractivity contribution in [3.05, 3.63) is 0 Å². The van der Waals surface area contributed by atoms with Gasteiger partial charge in [0.1, 0.15) is 0 Å². The second-order valence-electron chi connectivity index (χ2n) is 5.26. The van der Waals surface area contributed by atoms with Crippen LogP contribution >= 0.6 is 0 Å². The third-order valence-electron chi connectivity index (χ3n) is 4.14. The Balaban J connectivity index is 2.41. The SMILES string of the molecule is CCC(CC)CN(CCCN)C1CCCC1. The van der Waals surface area contributed by atoms with E-state index in [2.05, 4.69) is 18.7 Å². The van der Waals surface area contributed by atoms with Gasteiger partial charge in [-0.15, -0.1) is 0 Å². The quantitative estimate of drug-likeness (QED) is 0.689. The van der Waals surface area contributed by atoms with Crippen LogP contribution < -0.4 is 5.73 Å². The van der Waals surface area contributed by atoms with Crippen molar-refractivity contribution in [1.82, 2.24) is 4.90 Å². The van der Waals surface area contributed by atoms with Crippen LogP contribution in [0, 0.1) is 5.92 Å². The Morgan fingerprint density at radius 2 is 1.81 bits per heavy atom. The van der Waals surface area contributed by atoms with Crippen LogP contribution in [0.4, 0.5) is 0 Å². The maximum absolute atomic E-state index is 5.64. The average Bonchev–Trinajstić information content (AvgIpc) is 2.83. The zero-order valence-corrected chi connectivity index (χ0v) is 11.3. The Morgan fingerprint density at radius 1 is 1.19 bits per heavy atom. The predicted molar refractivity (Wildman–Crippen MR) is 71.6 cm³/mol. The van der Waals surface area contributed by atoms with E-state index in [9.17, 15) is 0 Å². The normalized spacial score (nSPS) is 17.8. The van der Waals surface area contributed by atoms with Gasteiger partial charge in [0.05, 0.1) is 0 Å². The number of nitrogens with two attached hydrogens (primary N) is 1. The predicted octanol–water partition coefficient (Wildman–Crippen LogP) is 3.02. The van der Waals surface area contributed by atoms with Crippen molar-refractivity contribution < 1.29 is 0 Å². The van der Waals surface area contributed by atoms with E-state index < -0.39 is 0 Å². The van der Waals surface area contributed by atoms with E-state index in [0.717, 1.165) is 24.9 Å². The highest BCUT2D eigenvalue weighted by Gasteiger charge is 2.23. The molecule has 0 amide bonds.